The first-order chi connectivity index (χ1) is 36.8. The van der Waals surface area contributed by atoms with Crippen LogP contribution in [0, 0.1) is 0 Å². The van der Waals surface area contributed by atoms with Crippen LogP contribution in [0.25, 0.3) is 55.3 Å². The monoisotopic (exact) mass is 938 g/mol. The maximum Gasteiger partial charge on any atom is 0.0733 e. The molecule has 0 N–H and O–H groups in total. The smallest absolute Gasteiger partial charge is 0.0733 e. The highest BCUT2D eigenvalue weighted by Crippen LogP contribution is 2.69. The van der Waals surface area contributed by atoms with Gasteiger partial charge in [0.1, 0.15) is 0 Å². The second-order valence-corrected chi connectivity index (χ2v) is 20.2. The van der Waals surface area contributed by atoms with Gasteiger partial charge in [-0.15, -0.1) is 0 Å². The number of anilines is 6. The molecular weight excluding hydrogens is 893 g/mol. The summed E-state index contributed by atoms with van der Waals surface area (Å²) in [5.74, 6) is 0. The summed E-state index contributed by atoms with van der Waals surface area (Å²) in [6.45, 7) is 0. The molecule has 2 spiro atoms. The number of hydrogen-bond donors (Lipinski definition) is 0. The van der Waals surface area contributed by atoms with Gasteiger partial charge in [0.05, 0.1) is 22.2 Å². The summed E-state index contributed by atoms with van der Waals surface area (Å²) in [6.07, 6.45) is 0. The maximum absolute atomic E-state index is 2.57. The molecule has 2 heteroatoms. The van der Waals surface area contributed by atoms with Crippen LogP contribution in [0.3, 0.4) is 0 Å². The minimum Gasteiger partial charge on any atom is -0.310 e. The second kappa shape index (κ2) is 15.5. The molecular formula is C72H46N2. The van der Waals surface area contributed by atoms with Crippen molar-refractivity contribution in [1.29, 1.82) is 0 Å². The summed E-state index contributed by atoms with van der Waals surface area (Å²) < 4.78 is 0. The molecule has 74 heavy (non-hydrogen) atoms. The Balaban J connectivity index is 1.00. The minimum atomic E-state index is -0.647. The van der Waals surface area contributed by atoms with Crippen molar-refractivity contribution in [2.75, 3.05) is 9.80 Å². The van der Waals surface area contributed by atoms with E-state index in [2.05, 4.69) is 289 Å². The summed E-state index contributed by atoms with van der Waals surface area (Å²) in [5, 5.41) is 2.46. The fraction of sp³-hybridized carbons (Fsp3) is 0.0278. The largest absolute Gasteiger partial charge is 0.310 e. The van der Waals surface area contributed by atoms with Gasteiger partial charge in [-0.2, -0.15) is 0 Å². The highest BCUT2D eigenvalue weighted by molar-refractivity contribution is 6.11. The minimum absolute atomic E-state index is 0.484. The summed E-state index contributed by atoms with van der Waals surface area (Å²) >= 11 is 0. The highest BCUT2D eigenvalue weighted by Gasteiger charge is 2.55. The first-order valence-corrected chi connectivity index (χ1v) is 25.8. The molecule has 12 aromatic carbocycles. The number of benzene rings is 12. The van der Waals surface area contributed by atoms with Crippen molar-refractivity contribution in [2.45, 2.75) is 10.8 Å². The van der Waals surface area contributed by atoms with Gasteiger partial charge in [0.2, 0.25) is 0 Å². The van der Waals surface area contributed by atoms with E-state index in [1.54, 1.807) is 0 Å². The average Bonchev–Trinajstić information content (AvgIpc) is 4.16. The average molecular weight is 939 g/mol. The van der Waals surface area contributed by atoms with Crippen molar-refractivity contribution < 1.29 is 0 Å². The third-order valence-corrected chi connectivity index (χ3v) is 16.8. The van der Waals surface area contributed by atoms with Crippen LogP contribution in [-0.2, 0) is 10.8 Å². The number of rotatable bonds is 6. The Labute approximate surface area is 431 Å². The van der Waals surface area contributed by atoms with Crippen LogP contribution in [0.4, 0.5) is 34.1 Å². The Hall–Kier alpha value is -9.50. The van der Waals surface area contributed by atoms with E-state index in [4.69, 9.17) is 0 Å². The molecule has 0 saturated heterocycles. The zero-order chi connectivity index (χ0) is 48.5. The van der Waals surface area contributed by atoms with Gasteiger partial charge in [0.25, 0.3) is 0 Å². The molecule has 0 aliphatic heterocycles. The molecule has 0 amide bonds. The molecule has 344 valence electrons. The number of para-hydroxylation sites is 3. The third kappa shape index (κ3) is 5.28. The molecule has 0 heterocycles. The molecule has 0 fully saturated rings. The van der Waals surface area contributed by atoms with Crippen LogP contribution in [0.5, 0.6) is 0 Å². The Morgan fingerprint density at radius 2 is 0.635 bits per heavy atom. The van der Waals surface area contributed by atoms with Gasteiger partial charge < -0.3 is 9.80 Å². The molecule has 1 atom stereocenters. The van der Waals surface area contributed by atoms with Gasteiger partial charge in [-0.3, -0.25) is 0 Å². The number of hydrogen-bond acceptors (Lipinski definition) is 2. The van der Waals surface area contributed by atoms with Crippen molar-refractivity contribution in [3.63, 3.8) is 0 Å². The van der Waals surface area contributed by atoms with Gasteiger partial charge >= 0.3 is 0 Å². The van der Waals surface area contributed by atoms with Crippen molar-refractivity contribution in [1.82, 2.24) is 0 Å². The molecule has 12 aromatic rings. The first kappa shape index (κ1) is 41.2. The molecule has 0 radical (unpaired) electrons. The van der Waals surface area contributed by atoms with Gasteiger partial charge in [-0.1, -0.05) is 218 Å². The second-order valence-electron chi connectivity index (χ2n) is 20.2. The maximum atomic E-state index is 2.57. The van der Waals surface area contributed by atoms with Crippen molar-refractivity contribution in [2.24, 2.45) is 0 Å². The van der Waals surface area contributed by atoms with Crippen molar-refractivity contribution in [3.05, 3.63) is 324 Å². The summed E-state index contributed by atoms with van der Waals surface area (Å²) in [5.41, 5.74) is 26.4. The Bertz CT molecular complexity index is 4170. The van der Waals surface area contributed by atoms with E-state index in [0.717, 1.165) is 34.1 Å². The molecule has 16 rings (SSSR count). The fourth-order valence-corrected chi connectivity index (χ4v) is 14.2. The Kier molecular flexibility index (Phi) is 8.62. The zero-order valence-electron chi connectivity index (χ0n) is 40.5. The number of fused-ring (bicyclic) bond motifs is 22. The molecule has 0 aromatic heterocycles. The van der Waals surface area contributed by atoms with E-state index in [1.807, 2.05) is 0 Å². The lowest BCUT2D eigenvalue weighted by molar-refractivity contribution is 0.793. The predicted molar refractivity (Wildman–Crippen MR) is 306 cm³/mol. The zero-order valence-corrected chi connectivity index (χ0v) is 40.5. The molecule has 1 unspecified atom stereocenters. The van der Waals surface area contributed by atoms with Gasteiger partial charge in [0.15, 0.2) is 0 Å². The lowest BCUT2D eigenvalue weighted by atomic mass is 9.69. The van der Waals surface area contributed by atoms with Crippen molar-refractivity contribution >= 4 is 44.9 Å². The topological polar surface area (TPSA) is 6.48 Å². The lowest BCUT2D eigenvalue weighted by Gasteiger charge is -2.34. The van der Waals surface area contributed by atoms with Crippen LogP contribution in [0.1, 0.15) is 44.5 Å². The van der Waals surface area contributed by atoms with E-state index in [9.17, 15) is 0 Å². The lowest BCUT2D eigenvalue weighted by Crippen LogP contribution is -2.27. The SMILES string of the molecule is c1ccc(N(c2ccccc2)c2cccc3c2-c2ccccc2C32c3ccccc3-c3c(N(c4ccccc4)c4ccc5c(c4)C4(c6ccccc6-c6ccccc64)c4ccccc4-5)cc4ccccc4c32)cc1. The van der Waals surface area contributed by atoms with Crippen LogP contribution in [-0.4, -0.2) is 0 Å². The van der Waals surface area contributed by atoms with Gasteiger partial charge in [0, 0.05) is 33.9 Å². The molecule has 0 bridgehead atoms. The van der Waals surface area contributed by atoms with Gasteiger partial charge in [-0.05, 0) is 149 Å². The van der Waals surface area contributed by atoms with Crippen molar-refractivity contribution in [3.8, 4) is 44.5 Å². The Morgan fingerprint density at radius 1 is 0.230 bits per heavy atom. The van der Waals surface area contributed by atoms with E-state index >= 15 is 0 Å². The van der Waals surface area contributed by atoms with E-state index in [0.29, 0.717) is 0 Å². The molecule has 4 aliphatic rings. The third-order valence-electron chi connectivity index (χ3n) is 16.8. The van der Waals surface area contributed by atoms with Crippen LogP contribution < -0.4 is 9.80 Å². The predicted octanol–water partition coefficient (Wildman–Crippen LogP) is 18.5. The first-order valence-electron chi connectivity index (χ1n) is 25.8. The summed E-state index contributed by atoms with van der Waals surface area (Å²) in [7, 11) is 0. The normalized spacial score (nSPS) is 15.2. The van der Waals surface area contributed by atoms with E-state index in [1.165, 1.54) is 99.8 Å². The highest BCUT2D eigenvalue weighted by atomic mass is 15.2. The Morgan fingerprint density at radius 3 is 1.18 bits per heavy atom. The van der Waals surface area contributed by atoms with E-state index in [-0.39, 0.29) is 0 Å². The van der Waals surface area contributed by atoms with Crippen LogP contribution in [0.15, 0.2) is 279 Å². The number of nitrogens with zero attached hydrogens (tertiary/aromatic N) is 2. The molecule has 4 aliphatic carbocycles. The quantitative estimate of drug-likeness (QED) is 0.164. The van der Waals surface area contributed by atoms with Crippen LogP contribution >= 0.6 is 0 Å². The molecule has 0 saturated carbocycles. The standard InChI is InChI=1S/C72H46N2/c1-4-24-48(25-5-1)73(49-26-6-2-7-27-49)66-42-22-41-64-68(66)57-34-15-20-39-62(57)72(64)63-40-21-16-35-58(63)69-67(45-47-23-10-11-30-52(47)70(69)72)74(50-28-8-3-9-29-50)51-43-44-56-55-33-14-19-38-61(55)71(65(56)46-51)59-36-17-12-31-53(59)54-32-13-18-37-60(54)71/h1-46H. The van der Waals surface area contributed by atoms with Gasteiger partial charge in [-0.25, -0.2) is 0 Å². The van der Waals surface area contributed by atoms with Crippen LogP contribution in [0.2, 0.25) is 0 Å². The molecule has 2 nitrogen and oxygen atoms in total. The summed E-state index contributed by atoms with van der Waals surface area (Å²) in [6, 6.07) is 105. The van der Waals surface area contributed by atoms with E-state index < -0.39 is 10.8 Å². The fourth-order valence-electron chi connectivity index (χ4n) is 14.2. The summed E-state index contributed by atoms with van der Waals surface area (Å²) in [4.78, 5) is 5.01.